The van der Waals surface area contributed by atoms with Crippen molar-refractivity contribution in [2.75, 3.05) is 7.05 Å². The van der Waals surface area contributed by atoms with Crippen molar-refractivity contribution in [2.24, 2.45) is 5.92 Å². The van der Waals surface area contributed by atoms with Gasteiger partial charge < -0.3 is 4.90 Å². The van der Waals surface area contributed by atoms with Crippen LogP contribution in [-0.4, -0.2) is 33.0 Å². The summed E-state index contributed by atoms with van der Waals surface area (Å²) >= 11 is 0. The molecule has 94 valence electrons. The third-order valence-corrected chi connectivity index (χ3v) is 3.47. The molecule has 1 N–H and O–H groups in total. The Hall–Kier alpha value is -1.39. The Morgan fingerprint density at radius 3 is 2.88 bits per heavy atom. The van der Waals surface area contributed by atoms with E-state index in [0.29, 0.717) is 18.9 Å². The molecule has 0 unspecified atom stereocenters. The Morgan fingerprint density at radius 1 is 1.47 bits per heavy atom. The minimum atomic E-state index is 0.216. The number of hydrogen-bond acceptors (Lipinski definition) is 3. The van der Waals surface area contributed by atoms with Crippen molar-refractivity contribution in [3.8, 4) is 0 Å². The molecule has 0 atom stereocenters. The topological polar surface area (TPSA) is 61.9 Å². The first kappa shape index (κ1) is 12.1. The van der Waals surface area contributed by atoms with Gasteiger partial charge in [-0.3, -0.25) is 9.89 Å². The van der Waals surface area contributed by atoms with Crippen molar-refractivity contribution in [3.63, 3.8) is 0 Å². The number of rotatable bonds is 4. The van der Waals surface area contributed by atoms with Gasteiger partial charge in [-0.1, -0.05) is 19.3 Å². The van der Waals surface area contributed by atoms with Crippen LogP contribution in [0.2, 0.25) is 0 Å². The third kappa shape index (κ3) is 3.54. The molecule has 0 aromatic carbocycles. The van der Waals surface area contributed by atoms with Gasteiger partial charge in [-0.25, -0.2) is 4.98 Å². The molecule has 1 aromatic heterocycles. The minimum absolute atomic E-state index is 0.216. The number of aromatic nitrogens is 3. The molecule has 0 radical (unpaired) electrons. The molecule has 0 aliphatic heterocycles. The summed E-state index contributed by atoms with van der Waals surface area (Å²) < 4.78 is 0. The summed E-state index contributed by atoms with van der Waals surface area (Å²) in [5, 5.41) is 6.55. The van der Waals surface area contributed by atoms with Crippen LogP contribution in [0.25, 0.3) is 0 Å². The number of nitrogens with zero attached hydrogens (tertiary/aromatic N) is 3. The summed E-state index contributed by atoms with van der Waals surface area (Å²) in [4.78, 5) is 17.8. The SMILES string of the molecule is CN(Cc1ncn[nH]1)C(=O)CC1CCCCC1. The van der Waals surface area contributed by atoms with Gasteiger partial charge in [0.1, 0.15) is 12.2 Å². The van der Waals surface area contributed by atoms with Gasteiger partial charge in [-0.15, -0.1) is 0 Å². The number of amides is 1. The van der Waals surface area contributed by atoms with Crippen molar-refractivity contribution >= 4 is 5.91 Å². The lowest BCUT2D eigenvalue weighted by Crippen LogP contribution is -2.29. The highest BCUT2D eigenvalue weighted by molar-refractivity contribution is 5.76. The number of aromatic amines is 1. The van der Waals surface area contributed by atoms with E-state index in [0.717, 1.165) is 5.82 Å². The zero-order valence-corrected chi connectivity index (χ0v) is 10.4. The fourth-order valence-corrected chi connectivity index (χ4v) is 2.41. The lowest BCUT2D eigenvalue weighted by atomic mass is 9.87. The lowest BCUT2D eigenvalue weighted by Gasteiger charge is -2.23. The maximum atomic E-state index is 12.0. The molecule has 1 aliphatic carbocycles. The molecular formula is C12H20N4O. The molecule has 1 aliphatic rings. The van der Waals surface area contributed by atoms with Crippen molar-refractivity contribution < 1.29 is 4.79 Å². The molecule has 1 aromatic rings. The highest BCUT2D eigenvalue weighted by Gasteiger charge is 2.19. The largest absolute Gasteiger partial charge is 0.338 e. The predicted octanol–water partition coefficient (Wildman–Crippen LogP) is 1.73. The van der Waals surface area contributed by atoms with Crippen LogP contribution in [0.5, 0.6) is 0 Å². The van der Waals surface area contributed by atoms with Gasteiger partial charge in [0.05, 0.1) is 6.54 Å². The molecule has 17 heavy (non-hydrogen) atoms. The second-order valence-corrected chi connectivity index (χ2v) is 4.89. The Balaban J connectivity index is 1.78. The highest BCUT2D eigenvalue weighted by atomic mass is 16.2. The number of hydrogen-bond donors (Lipinski definition) is 1. The summed E-state index contributed by atoms with van der Waals surface area (Å²) in [6.07, 6.45) is 8.47. The van der Waals surface area contributed by atoms with Crippen molar-refractivity contribution in [2.45, 2.75) is 45.1 Å². The molecule has 5 heteroatoms. The zero-order valence-electron chi connectivity index (χ0n) is 10.4. The van der Waals surface area contributed by atoms with Gasteiger partial charge in [0.15, 0.2) is 0 Å². The van der Waals surface area contributed by atoms with Gasteiger partial charge in [-0.2, -0.15) is 5.10 Å². The van der Waals surface area contributed by atoms with E-state index in [1.165, 1.54) is 38.4 Å². The standard InChI is InChI=1S/C12H20N4O/c1-16(8-11-13-9-14-15-11)12(17)7-10-5-3-2-4-6-10/h9-10H,2-8H2,1H3,(H,13,14,15). The second-order valence-electron chi connectivity index (χ2n) is 4.89. The first-order chi connectivity index (χ1) is 8.25. The van der Waals surface area contributed by atoms with E-state index in [-0.39, 0.29) is 5.91 Å². The molecule has 2 rings (SSSR count). The number of carbonyl (C=O) groups excluding carboxylic acids is 1. The van der Waals surface area contributed by atoms with Gasteiger partial charge in [0.2, 0.25) is 5.91 Å². The van der Waals surface area contributed by atoms with E-state index < -0.39 is 0 Å². The van der Waals surface area contributed by atoms with Gasteiger partial charge in [0, 0.05) is 13.5 Å². The number of nitrogens with one attached hydrogen (secondary N) is 1. The molecule has 1 amide bonds. The molecule has 1 fully saturated rings. The van der Waals surface area contributed by atoms with Crippen molar-refractivity contribution in [3.05, 3.63) is 12.2 Å². The summed E-state index contributed by atoms with van der Waals surface area (Å²) in [5.41, 5.74) is 0. The first-order valence-electron chi connectivity index (χ1n) is 6.34. The molecule has 0 spiro atoms. The van der Waals surface area contributed by atoms with Crippen molar-refractivity contribution in [1.82, 2.24) is 20.1 Å². The van der Waals surface area contributed by atoms with E-state index in [1.54, 1.807) is 4.90 Å². The minimum Gasteiger partial charge on any atom is -0.338 e. The highest BCUT2D eigenvalue weighted by Crippen LogP contribution is 2.26. The molecule has 0 bridgehead atoms. The number of carbonyl (C=O) groups is 1. The van der Waals surface area contributed by atoms with Gasteiger partial charge in [-0.05, 0) is 18.8 Å². The Morgan fingerprint density at radius 2 is 2.24 bits per heavy atom. The monoisotopic (exact) mass is 236 g/mol. The normalized spacial score (nSPS) is 17.0. The van der Waals surface area contributed by atoms with Crippen LogP contribution in [-0.2, 0) is 11.3 Å². The van der Waals surface area contributed by atoms with E-state index in [4.69, 9.17) is 0 Å². The second kappa shape index (κ2) is 5.80. The smallest absolute Gasteiger partial charge is 0.222 e. The molecular weight excluding hydrogens is 216 g/mol. The number of H-pyrrole nitrogens is 1. The van der Waals surface area contributed by atoms with Crippen LogP contribution in [0.4, 0.5) is 0 Å². The predicted molar refractivity (Wildman–Crippen MR) is 64.0 cm³/mol. The van der Waals surface area contributed by atoms with Crippen molar-refractivity contribution in [1.29, 1.82) is 0 Å². The van der Waals surface area contributed by atoms with Gasteiger partial charge in [0.25, 0.3) is 0 Å². The maximum Gasteiger partial charge on any atom is 0.222 e. The average Bonchev–Trinajstić information content (AvgIpc) is 2.83. The van der Waals surface area contributed by atoms with E-state index in [2.05, 4.69) is 15.2 Å². The van der Waals surface area contributed by atoms with Crippen LogP contribution in [0.15, 0.2) is 6.33 Å². The Kier molecular flexibility index (Phi) is 4.12. The summed E-state index contributed by atoms with van der Waals surface area (Å²) in [6, 6.07) is 0. The summed E-state index contributed by atoms with van der Waals surface area (Å²) in [6.45, 7) is 0.519. The maximum absolute atomic E-state index is 12.0. The van der Waals surface area contributed by atoms with Crippen LogP contribution in [0.1, 0.15) is 44.3 Å². The van der Waals surface area contributed by atoms with Crippen LogP contribution in [0, 0.1) is 5.92 Å². The zero-order chi connectivity index (χ0) is 12.1. The first-order valence-corrected chi connectivity index (χ1v) is 6.34. The summed E-state index contributed by atoms with van der Waals surface area (Å²) in [7, 11) is 1.83. The van der Waals surface area contributed by atoms with E-state index in [9.17, 15) is 4.79 Å². The Bertz CT molecular complexity index is 343. The van der Waals surface area contributed by atoms with Crippen LogP contribution in [0.3, 0.4) is 0 Å². The fourth-order valence-electron chi connectivity index (χ4n) is 2.41. The lowest BCUT2D eigenvalue weighted by molar-refractivity contribution is -0.131. The third-order valence-electron chi connectivity index (χ3n) is 3.47. The van der Waals surface area contributed by atoms with E-state index >= 15 is 0 Å². The molecule has 1 heterocycles. The average molecular weight is 236 g/mol. The van der Waals surface area contributed by atoms with Crippen LogP contribution >= 0.6 is 0 Å². The molecule has 1 saturated carbocycles. The van der Waals surface area contributed by atoms with E-state index in [1.807, 2.05) is 7.05 Å². The van der Waals surface area contributed by atoms with Gasteiger partial charge >= 0.3 is 0 Å². The van der Waals surface area contributed by atoms with Crippen LogP contribution < -0.4 is 0 Å². The molecule has 0 saturated heterocycles. The fraction of sp³-hybridized carbons (Fsp3) is 0.750. The Labute approximate surface area is 102 Å². The quantitative estimate of drug-likeness (QED) is 0.866. The summed E-state index contributed by atoms with van der Waals surface area (Å²) in [5.74, 6) is 1.55. The molecule has 5 nitrogen and oxygen atoms in total.